The van der Waals surface area contributed by atoms with E-state index in [-0.39, 0.29) is 17.9 Å². The normalized spacial score (nSPS) is 13.0. The zero-order chi connectivity index (χ0) is 17.5. The molecule has 1 aromatic carbocycles. The zero-order valence-electron chi connectivity index (χ0n) is 13.6. The van der Waals surface area contributed by atoms with Crippen molar-refractivity contribution in [3.8, 4) is 17.2 Å². The summed E-state index contributed by atoms with van der Waals surface area (Å²) >= 11 is 0. The number of carbonyl (C=O) groups excluding carboxylic acids is 2. The summed E-state index contributed by atoms with van der Waals surface area (Å²) in [7, 11) is 4.35. The summed E-state index contributed by atoms with van der Waals surface area (Å²) in [5.74, 6) is -0.239. The van der Waals surface area contributed by atoms with Gasteiger partial charge in [-0.2, -0.15) is 0 Å². The molecule has 0 N–H and O–H groups in total. The molecule has 0 atom stereocenters. The van der Waals surface area contributed by atoms with Crippen LogP contribution in [0.15, 0.2) is 24.2 Å². The highest BCUT2D eigenvalue weighted by atomic mass is 16.6. The fraction of sp³-hybridized carbons (Fsp3) is 0.375. The Labute approximate surface area is 138 Å². The summed E-state index contributed by atoms with van der Waals surface area (Å²) in [5.41, 5.74) is 0.257. The average molecular weight is 338 g/mol. The summed E-state index contributed by atoms with van der Waals surface area (Å²) in [6, 6.07) is 2.97. The predicted molar refractivity (Wildman–Crippen MR) is 81.4 cm³/mol. The molecule has 24 heavy (non-hydrogen) atoms. The molecule has 0 aromatic heterocycles. The monoisotopic (exact) mass is 338 g/mol. The van der Waals surface area contributed by atoms with Crippen LogP contribution in [0.5, 0.6) is 17.2 Å². The van der Waals surface area contributed by atoms with Gasteiger partial charge in [-0.1, -0.05) is 0 Å². The van der Waals surface area contributed by atoms with Crippen molar-refractivity contribution in [2.45, 2.75) is 0 Å². The van der Waals surface area contributed by atoms with Gasteiger partial charge in [0.15, 0.2) is 18.1 Å². The molecule has 2 rings (SSSR count). The maximum absolute atomic E-state index is 12.2. The molecule has 0 aliphatic carbocycles. The lowest BCUT2D eigenvalue weighted by Crippen LogP contribution is -2.20. The summed E-state index contributed by atoms with van der Waals surface area (Å²) in [5, 5.41) is 0. The van der Waals surface area contributed by atoms with Crippen molar-refractivity contribution in [1.29, 1.82) is 0 Å². The second-order valence-electron chi connectivity index (χ2n) is 4.61. The van der Waals surface area contributed by atoms with E-state index in [1.807, 2.05) is 0 Å². The van der Waals surface area contributed by atoms with Gasteiger partial charge < -0.3 is 28.4 Å². The lowest BCUT2D eigenvalue weighted by Gasteiger charge is -2.15. The minimum atomic E-state index is -0.768. The first-order valence-corrected chi connectivity index (χ1v) is 7.05. The molecule has 0 fully saturated rings. The Morgan fingerprint density at radius 2 is 1.71 bits per heavy atom. The first-order valence-electron chi connectivity index (χ1n) is 7.05. The molecule has 0 unspecified atom stereocenters. The molecular weight excluding hydrogens is 320 g/mol. The molecule has 0 saturated carbocycles. The maximum Gasteiger partial charge on any atom is 0.377 e. The average Bonchev–Trinajstić information content (AvgIpc) is 2.65. The third kappa shape index (κ3) is 3.89. The molecule has 0 amide bonds. The van der Waals surface area contributed by atoms with E-state index in [2.05, 4.69) is 0 Å². The van der Waals surface area contributed by atoms with Gasteiger partial charge in [0.05, 0.1) is 21.3 Å². The minimum absolute atomic E-state index is 0.0704. The number of ketones is 1. The third-order valence-corrected chi connectivity index (χ3v) is 3.17. The number of methoxy groups -OCH3 is 3. The van der Waals surface area contributed by atoms with Gasteiger partial charge >= 0.3 is 5.97 Å². The highest BCUT2D eigenvalue weighted by Gasteiger charge is 2.21. The van der Waals surface area contributed by atoms with Gasteiger partial charge in [0, 0.05) is 5.56 Å². The maximum atomic E-state index is 12.2. The molecule has 1 aliphatic rings. The summed E-state index contributed by atoms with van der Waals surface area (Å²) in [6.07, 6.45) is 1.16. The van der Waals surface area contributed by atoms with Crippen LogP contribution in [-0.2, 0) is 19.0 Å². The second kappa shape index (κ2) is 8.09. The van der Waals surface area contributed by atoms with Gasteiger partial charge in [0.1, 0.15) is 19.5 Å². The Morgan fingerprint density at radius 1 is 1.04 bits per heavy atom. The van der Waals surface area contributed by atoms with Gasteiger partial charge in [0.25, 0.3) is 0 Å². The topological polar surface area (TPSA) is 89.5 Å². The van der Waals surface area contributed by atoms with E-state index in [9.17, 15) is 9.59 Å². The number of hydrogen-bond acceptors (Lipinski definition) is 8. The minimum Gasteiger partial charge on any atom is -0.493 e. The molecule has 0 saturated heterocycles. The molecule has 130 valence electrons. The first-order chi connectivity index (χ1) is 11.6. The van der Waals surface area contributed by atoms with Crippen LogP contribution in [-0.4, -0.2) is 52.9 Å². The van der Waals surface area contributed by atoms with Crippen LogP contribution in [0.4, 0.5) is 0 Å². The Balaban J connectivity index is 2.09. The number of Topliss-reactive ketones (excluding diaryl/α,β-unsaturated/α-hetero) is 1. The van der Waals surface area contributed by atoms with Crippen molar-refractivity contribution >= 4 is 11.8 Å². The van der Waals surface area contributed by atoms with Gasteiger partial charge in [-0.15, -0.1) is 0 Å². The molecule has 1 aliphatic heterocycles. The molecule has 0 spiro atoms. The lowest BCUT2D eigenvalue weighted by atomic mass is 10.1. The SMILES string of the molecule is COc1cc(C(=O)COC(=O)C2=COCCO2)cc(OC)c1OC. The Bertz CT molecular complexity index is 624. The first kappa shape index (κ1) is 17.5. The summed E-state index contributed by atoms with van der Waals surface area (Å²) in [4.78, 5) is 24.0. The van der Waals surface area contributed by atoms with Crippen LogP contribution in [0.25, 0.3) is 0 Å². The van der Waals surface area contributed by atoms with Crippen LogP contribution in [0, 0.1) is 0 Å². The van der Waals surface area contributed by atoms with E-state index in [0.717, 1.165) is 6.26 Å². The molecule has 0 radical (unpaired) electrons. The van der Waals surface area contributed by atoms with Gasteiger partial charge in [-0.05, 0) is 12.1 Å². The van der Waals surface area contributed by atoms with Gasteiger partial charge in [-0.3, -0.25) is 4.79 Å². The van der Waals surface area contributed by atoms with E-state index in [1.165, 1.54) is 33.5 Å². The van der Waals surface area contributed by atoms with Crippen molar-refractivity contribution in [1.82, 2.24) is 0 Å². The molecule has 8 nitrogen and oxygen atoms in total. The molecule has 8 heteroatoms. The zero-order valence-corrected chi connectivity index (χ0v) is 13.6. The second-order valence-corrected chi connectivity index (χ2v) is 4.61. The van der Waals surface area contributed by atoms with Crippen LogP contribution in [0.2, 0.25) is 0 Å². The van der Waals surface area contributed by atoms with Crippen molar-refractivity contribution in [2.75, 3.05) is 41.2 Å². The van der Waals surface area contributed by atoms with E-state index < -0.39 is 18.4 Å². The molecule has 1 heterocycles. The Hall–Kier alpha value is -2.90. The number of benzene rings is 1. The number of esters is 1. The fourth-order valence-electron chi connectivity index (χ4n) is 2.00. The lowest BCUT2D eigenvalue weighted by molar-refractivity contribution is -0.143. The van der Waals surface area contributed by atoms with Crippen molar-refractivity contribution < 1.29 is 38.0 Å². The standard InChI is InChI=1S/C16H18O8/c1-19-12-6-10(7-13(20-2)15(12)21-3)11(17)8-24-16(18)14-9-22-4-5-23-14/h6-7,9H,4-5,8H2,1-3H3. The van der Waals surface area contributed by atoms with E-state index >= 15 is 0 Å². The van der Waals surface area contributed by atoms with E-state index in [0.29, 0.717) is 23.9 Å². The molecule has 0 bridgehead atoms. The van der Waals surface area contributed by atoms with Crippen molar-refractivity contribution in [3.63, 3.8) is 0 Å². The van der Waals surface area contributed by atoms with Gasteiger partial charge in [-0.25, -0.2) is 4.79 Å². The highest BCUT2D eigenvalue weighted by molar-refractivity contribution is 6.00. The van der Waals surface area contributed by atoms with Crippen LogP contribution in [0.1, 0.15) is 10.4 Å². The van der Waals surface area contributed by atoms with Crippen LogP contribution < -0.4 is 14.2 Å². The number of hydrogen-bond donors (Lipinski definition) is 0. The number of ether oxygens (including phenoxy) is 6. The van der Waals surface area contributed by atoms with Crippen LogP contribution >= 0.6 is 0 Å². The Morgan fingerprint density at radius 3 is 2.21 bits per heavy atom. The fourth-order valence-corrected chi connectivity index (χ4v) is 2.00. The number of carbonyl (C=O) groups is 2. The largest absolute Gasteiger partial charge is 0.493 e. The summed E-state index contributed by atoms with van der Waals surface area (Å²) in [6.45, 7) is 0.154. The van der Waals surface area contributed by atoms with Crippen molar-refractivity contribution in [2.24, 2.45) is 0 Å². The van der Waals surface area contributed by atoms with Crippen molar-refractivity contribution in [3.05, 3.63) is 29.7 Å². The Kier molecular flexibility index (Phi) is 5.89. The van der Waals surface area contributed by atoms with E-state index in [1.54, 1.807) is 0 Å². The number of rotatable bonds is 7. The van der Waals surface area contributed by atoms with Gasteiger partial charge in [0.2, 0.25) is 17.3 Å². The quantitative estimate of drug-likeness (QED) is 0.543. The van der Waals surface area contributed by atoms with E-state index in [4.69, 9.17) is 28.4 Å². The predicted octanol–water partition coefficient (Wildman–Crippen LogP) is 1.33. The highest BCUT2D eigenvalue weighted by Crippen LogP contribution is 2.38. The van der Waals surface area contributed by atoms with Crippen LogP contribution in [0.3, 0.4) is 0 Å². The molecular formula is C16H18O8. The molecule has 1 aromatic rings. The summed E-state index contributed by atoms with van der Waals surface area (Å²) < 4.78 is 30.5. The smallest absolute Gasteiger partial charge is 0.377 e. The third-order valence-electron chi connectivity index (χ3n) is 3.17.